The van der Waals surface area contributed by atoms with Gasteiger partial charge in [0.2, 0.25) is 0 Å². The van der Waals surface area contributed by atoms with Crippen LogP contribution in [-0.2, 0) is 16.0 Å². The molecule has 5 nitrogen and oxygen atoms in total. The minimum absolute atomic E-state index is 0.142. The van der Waals surface area contributed by atoms with Crippen LogP contribution in [0.25, 0.3) is 0 Å². The van der Waals surface area contributed by atoms with Crippen molar-refractivity contribution in [1.82, 2.24) is 0 Å². The fraction of sp³-hybridized carbons (Fsp3) is 0.235. The molecule has 112 valence electrons. The SMILES string of the molecule is O=C(O)C1CC2(O)c3ccccc3C1(O)c1cccc(O)c12. The molecule has 3 aliphatic carbocycles. The Kier molecular flexibility index (Phi) is 2.35. The van der Waals surface area contributed by atoms with Crippen molar-refractivity contribution >= 4 is 5.97 Å². The van der Waals surface area contributed by atoms with Crippen LogP contribution in [0.1, 0.15) is 28.7 Å². The van der Waals surface area contributed by atoms with E-state index in [4.69, 9.17) is 0 Å². The summed E-state index contributed by atoms with van der Waals surface area (Å²) in [7, 11) is 0. The summed E-state index contributed by atoms with van der Waals surface area (Å²) < 4.78 is 0. The molecule has 2 aromatic rings. The van der Waals surface area contributed by atoms with E-state index in [-0.39, 0.29) is 23.3 Å². The van der Waals surface area contributed by atoms with E-state index in [9.17, 15) is 25.2 Å². The number of hydrogen-bond acceptors (Lipinski definition) is 4. The summed E-state index contributed by atoms with van der Waals surface area (Å²) in [4.78, 5) is 11.7. The standard InChI is InChI=1S/C17H14O5/c18-13-7-3-6-11-14(13)16(21)8-12(15(19)20)17(11,22)10-5-2-1-4-9(10)16/h1-7,12,18,21-22H,8H2,(H,19,20). The highest BCUT2D eigenvalue weighted by Gasteiger charge is 2.62. The zero-order valence-corrected chi connectivity index (χ0v) is 11.5. The van der Waals surface area contributed by atoms with Crippen LogP contribution in [0.3, 0.4) is 0 Å². The van der Waals surface area contributed by atoms with E-state index in [0.717, 1.165) is 0 Å². The van der Waals surface area contributed by atoms with Crippen molar-refractivity contribution in [2.45, 2.75) is 17.6 Å². The highest BCUT2D eigenvalue weighted by Crippen LogP contribution is 2.61. The largest absolute Gasteiger partial charge is 0.508 e. The molecule has 0 saturated heterocycles. The number of aliphatic hydroxyl groups is 2. The van der Waals surface area contributed by atoms with Crippen LogP contribution in [-0.4, -0.2) is 26.4 Å². The number of carbonyl (C=O) groups is 1. The van der Waals surface area contributed by atoms with Gasteiger partial charge in [0.1, 0.15) is 17.0 Å². The van der Waals surface area contributed by atoms with Crippen molar-refractivity contribution in [3.63, 3.8) is 0 Å². The fourth-order valence-corrected chi connectivity index (χ4v) is 4.04. The second-order valence-electron chi connectivity index (χ2n) is 5.97. The third-order valence-corrected chi connectivity index (χ3v) is 4.95. The maximum absolute atomic E-state index is 11.7. The van der Waals surface area contributed by atoms with Crippen molar-refractivity contribution in [1.29, 1.82) is 0 Å². The van der Waals surface area contributed by atoms with Crippen molar-refractivity contribution in [2.24, 2.45) is 5.92 Å². The predicted molar refractivity (Wildman–Crippen MR) is 76.3 cm³/mol. The topological polar surface area (TPSA) is 98.0 Å². The second-order valence-corrected chi connectivity index (χ2v) is 5.97. The Morgan fingerprint density at radius 2 is 1.64 bits per heavy atom. The lowest BCUT2D eigenvalue weighted by Crippen LogP contribution is -2.56. The average Bonchev–Trinajstić information content (AvgIpc) is 2.50. The number of carboxylic acids is 1. The van der Waals surface area contributed by atoms with E-state index in [1.54, 1.807) is 30.3 Å². The summed E-state index contributed by atoms with van der Waals surface area (Å²) in [5.41, 5.74) is -2.09. The van der Waals surface area contributed by atoms with E-state index in [1.807, 2.05) is 0 Å². The Bertz CT molecular complexity index is 814. The number of benzene rings is 2. The molecule has 2 bridgehead atoms. The van der Waals surface area contributed by atoms with Crippen LogP contribution in [0.2, 0.25) is 0 Å². The minimum atomic E-state index is -1.76. The Balaban J connectivity index is 2.17. The smallest absolute Gasteiger partial charge is 0.310 e. The van der Waals surface area contributed by atoms with Gasteiger partial charge in [-0.2, -0.15) is 0 Å². The van der Waals surface area contributed by atoms with Crippen molar-refractivity contribution in [2.75, 3.05) is 0 Å². The van der Waals surface area contributed by atoms with Gasteiger partial charge >= 0.3 is 5.97 Å². The molecule has 0 saturated carbocycles. The number of fused-ring (bicyclic) bond motifs is 1. The Hall–Kier alpha value is -2.37. The van der Waals surface area contributed by atoms with E-state index >= 15 is 0 Å². The normalized spacial score (nSPS) is 31.5. The maximum Gasteiger partial charge on any atom is 0.310 e. The molecular weight excluding hydrogens is 284 g/mol. The number of aliphatic carboxylic acids is 1. The van der Waals surface area contributed by atoms with Gasteiger partial charge in [0.15, 0.2) is 0 Å². The number of aromatic hydroxyl groups is 1. The molecule has 0 aromatic heterocycles. The number of phenolic OH excluding ortho intramolecular Hbond substituents is 1. The van der Waals surface area contributed by atoms with Gasteiger partial charge in [0.05, 0.1) is 5.92 Å². The molecule has 0 aliphatic heterocycles. The Labute approximate surface area is 126 Å². The number of rotatable bonds is 1. The number of phenols is 1. The van der Waals surface area contributed by atoms with Gasteiger partial charge in [-0.1, -0.05) is 36.4 Å². The summed E-state index contributed by atoms with van der Waals surface area (Å²) in [5.74, 6) is -2.50. The first kappa shape index (κ1) is 13.3. The molecule has 0 amide bonds. The molecule has 5 rings (SSSR count). The van der Waals surface area contributed by atoms with Gasteiger partial charge in [-0.25, -0.2) is 0 Å². The van der Waals surface area contributed by atoms with Gasteiger partial charge in [-0.3, -0.25) is 4.79 Å². The first-order chi connectivity index (χ1) is 10.4. The van der Waals surface area contributed by atoms with Crippen molar-refractivity contribution in [3.8, 4) is 5.75 Å². The first-order valence-electron chi connectivity index (χ1n) is 7.01. The quantitative estimate of drug-likeness (QED) is 0.636. The summed E-state index contributed by atoms with van der Waals surface area (Å²) in [5, 5.41) is 42.2. The van der Waals surface area contributed by atoms with Gasteiger partial charge in [0.25, 0.3) is 0 Å². The van der Waals surface area contributed by atoms with Crippen LogP contribution < -0.4 is 0 Å². The molecule has 0 fully saturated rings. The number of hydrogen-bond donors (Lipinski definition) is 4. The van der Waals surface area contributed by atoms with Gasteiger partial charge in [0, 0.05) is 12.0 Å². The third kappa shape index (κ3) is 1.28. The molecule has 3 atom stereocenters. The highest BCUT2D eigenvalue weighted by atomic mass is 16.4. The second kappa shape index (κ2) is 3.88. The monoisotopic (exact) mass is 298 g/mol. The van der Waals surface area contributed by atoms with E-state index in [2.05, 4.69) is 0 Å². The summed E-state index contributed by atoms with van der Waals surface area (Å²) >= 11 is 0. The van der Waals surface area contributed by atoms with Gasteiger partial charge < -0.3 is 20.4 Å². The number of carboxylic acid groups (broad SMARTS) is 1. The van der Waals surface area contributed by atoms with E-state index < -0.39 is 23.1 Å². The van der Waals surface area contributed by atoms with Crippen molar-refractivity contribution < 1.29 is 25.2 Å². The zero-order chi connectivity index (χ0) is 15.7. The molecule has 4 N–H and O–H groups in total. The van der Waals surface area contributed by atoms with E-state index in [1.165, 1.54) is 12.1 Å². The fourth-order valence-electron chi connectivity index (χ4n) is 4.04. The van der Waals surface area contributed by atoms with Gasteiger partial charge in [-0.15, -0.1) is 0 Å². The van der Waals surface area contributed by atoms with Crippen molar-refractivity contribution in [3.05, 3.63) is 64.7 Å². The van der Waals surface area contributed by atoms with Crippen LogP contribution in [0.4, 0.5) is 0 Å². The van der Waals surface area contributed by atoms with Crippen LogP contribution in [0.15, 0.2) is 42.5 Å². The van der Waals surface area contributed by atoms with Crippen LogP contribution in [0.5, 0.6) is 5.75 Å². The van der Waals surface area contributed by atoms with Gasteiger partial charge in [-0.05, 0) is 22.8 Å². The summed E-state index contributed by atoms with van der Waals surface area (Å²) in [6.45, 7) is 0. The highest BCUT2D eigenvalue weighted by molar-refractivity contribution is 5.78. The molecule has 22 heavy (non-hydrogen) atoms. The third-order valence-electron chi connectivity index (χ3n) is 4.95. The molecule has 0 spiro atoms. The molecule has 3 unspecified atom stereocenters. The molecular formula is C17H14O5. The van der Waals surface area contributed by atoms with Crippen LogP contribution in [0, 0.1) is 5.92 Å². The summed E-state index contributed by atoms with van der Waals surface area (Å²) in [6.07, 6.45) is -0.180. The lowest BCUT2D eigenvalue weighted by molar-refractivity contribution is -0.160. The molecule has 2 aromatic carbocycles. The van der Waals surface area contributed by atoms with E-state index in [0.29, 0.717) is 11.1 Å². The lowest BCUT2D eigenvalue weighted by atomic mass is 9.54. The summed E-state index contributed by atoms with van der Waals surface area (Å²) in [6, 6.07) is 11.2. The molecule has 3 aliphatic rings. The molecule has 0 heterocycles. The molecule has 5 heteroatoms. The minimum Gasteiger partial charge on any atom is -0.508 e. The Morgan fingerprint density at radius 3 is 2.32 bits per heavy atom. The predicted octanol–water partition coefficient (Wildman–Crippen LogP) is 1.28. The zero-order valence-electron chi connectivity index (χ0n) is 11.5. The lowest BCUT2D eigenvalue weighted by Gasteiger charge is -2.53. The Morgan fingerprint density at radius 1 is 1.00 bits per heavy atom. The maximum atomic E-state index is 11.7. The van der Waals surface area contributed by atoms with Crippen LogP contribution >= 0.6 is 0 Å². The first-order valence-corrected chi connectivity index (χ1v) is 7.01. The molecule has 0 radical (unpaired) electrons. The average molecular weight is 298 g/mol.